The van der Waals surface area contributed by atoms with Crippen molar-refractivity contribution < 1.29 is 9.53 Å². The van der Waals surface area contributed by atoms with Crippen molar-refractivity contribution in [3.05, 3.63) is 30.0 Å². The first kappa shape index (κ1) is 16.1. The highest BCUT2D eigenvalue weighted by Crippen LogP contribution is 2.31. The normalized spacial score (nSPS) is 10.5. The number of hydrogen-bond acceptors (Lipinski definition) is 4. The van der Waals surface area contributed by atoms with E-state index in [9.17, 15) is 4.79 Å². The van der Waals surface area contributed by atoms with Gasteiger partial charge in [-0.05, 0) is 25.5 Å². The van der Waals surface area contributed by atoms with E-state index >= 15 is 0 Å². The molecule has 2 aromatic rings. The molecule has 1 N–H and O–H groups in total. The summed E-state index contributed by atoms with van der Waals surface area (Å²) < 4.78 is 5.41. The van der Waals surface area contributed by atoms with Crippen LogP contribution in [-0.2, 0) is 4.79 Å². The molecule has 0 fully saturated rings. The molecule has 0 aliphatic rings. The van der Waals surface area contributed by atoms with Crippen molar-refractivity contribution in [2.45, 2.75) is 20.3 Å². The van der Waals surface area contributed by atoms with Crippen LogP contribution in [0.5, 0.6) is 5.75 Å². The van der Waals surface area contributed by atoms with Crippen LogP contribution in [0.3, 0.4) is 0 Å². The second-order valence-electron chi connectivity index (χ2n) is 5.40. The predicted molar refractivity (Wildman–Crippen MR) is 89.6 cm³/mol. The summed E-state index contributed by atoms with van der Waals surface area (Å²) in [6.45, 7) is 5.07. The topological polar surface area (TPSA) is 54.5 Å². The minimum Gasteiger partial charge on any atom is -0.494 e. The predicted octanol–water partition coefficient (Wildman–Crippen LogP) is 2.51. The molecule has 118 valence electrons. The summed E-state index contributed by atoms with van der Waals surface area (Å²) in [6.07, 6.45) is 0.892. The fourth-order valence-electron chi connectivity index (χ4n) is 2.51. The smallest absolute Gasteiger partial charge is 0.216 e. The van der Waals surface area contributed by atoms with Gasteiger partial charge in [0.1, 0.15) is 11.3 Å². The number of fused-ring (bicyclic) bond motifs is 1. The van der Waals surface area contributed by atoms with Gasteiger partial charge < -0.3 is 15.0 Å². The Morgan fingerprint density at radius 1 is 1.41 bits per heavy atom. The average molecular weight is 301 g/mol. The van der Waals surface area contributed by atoms with Gasteiger partial charge in [0.05, 0.1) is 7.11 Å². The Kier molecular flexibility index (Phi) is 5.20. The van der Waals surface area contributed by atoms with Crippen molar-refractivity contribution in [1.29, 1.82) is 0 Å². The molecule has 1 amide bonds. The van der Waals surface area contributed by atoms with Crippen LogP contribution in [0, 0.1) is 6.92 Å². The van der Waals surface area contributed by atoms with Crippen LogP contribution in [0.2, 0.25) is 0 Å². The molecule has 5 nitrogen and oxygen atoms in total. The summed E-state index contributed by atoms with van der Waals surface area (Å²) in [5.41, 5.74) is 2.97. The van der Waals surface area contributed by atoms with Gasteiger partial charge in [-0.1, -0.05) is 12.1 Å². The van der Waals surface area contributed by atoms with Crippen molar-refractivity contribution in [3.8, 4) is 5.75 Å². The number of ether oxygens (including phenoxy) is 1. The Labute approximate surface area is 131 Å². The Bertz CT molecular complexity index is 670. The molecule has 0 aliphatic carbocycles. The summed E-state index contributed by atoms with van der Waals surface area (Å²) in [5.74, 6) is 0.798. The van der Waals surface area contributed by atoms with Crippen molar-refractivity contribution >= 4 is 22.5 Å². The zero-order valence-electron chi connectivity index (χ0n) is 13.6. The number of carbonyl (C=O) groups excluding carboxylic acids is 1. The van der Waals surface area contributed by atoms with E-state index in [2.05, 4.69) is 34.4 Å². The van der Waals surface area contributed by atoms with E-state index in [1.54, 1.807) is 7.11 Å². The number of nitrogens with one attached hydrogen (secondary N) is 1. The van der Waals surface area contributed by atoms with E-state index in [1.807, 2.05) is 19.1 Å². The molecule has 0 unspecified atom stereocenters. The minimum absolute atomic E-state index is 0.0117. The summed E-state index contributed by atoms with van der Waals surface area (Å²) in [6, 6.07) is 8.05. The standard InChI is InChI=1S/C17H23N3O2/c1-12-11-15(20(3)10-6-9-18-13(2)21)14-7-5-8-16(22-4)17(14)19-12/h5,7-8,11H,6,9-10H2,1-4H3,(H,18,21). The summed E-state index contributed by atoms with van der Waals surface area (Å²) >= 11 is 0. The molecule has 0 bridgehead atoms. The molecule has 0 radical (unpaired) electrons. The number of rotatable bonds is 6. The van der Waals surface area contributed by atoms with Gasteiger partial charge in [-0.2, -0.15) is 0 Å². The van der Waals surface area contributed by atoms with Crippen LogP contribution in [-0.4, -0.2) is 38.1 Å². The van der Waals surface area contributed by atoms with Crippen molar-refractivity contribution in [3.63, 3.8) is 0 Å². The Morgan fingerprint density at radius 3 is 2.86 bits per heavy atom. The van der Waals surface area contributed by atoms with Crippen LogP contribution in [0.25, 0.3) is 10.9 Å². The number of benzene rings is 1. The third kappa shape index (κ3) is 3.67. The number of aromatic nitrogens is 1. The van der Waals surface area contributed by atoms with Gasteiger partial charge in [-0.25, -0.2) is 4.98 Å². The lowest BCUT2D eigenvalue weighted by Gasteiger charge is -2.22. The van der Waals surface area contributed by atoms with E-state index in [1.165, 1.54) is 6.92 Å². The molecule has 0 saturated heterocycles. The first-order valence-corrected chi connectivity index (χ1v) is 7.43. The quantitative estimate of drug-likeness (QED) is 0.833. The maximum absolute atomic E-state index is 10.9. The largest absolute Gasteiger partial charge is 0.494 e. The number of para-hydroxylation sites is 1. The van der Waals surface area contributed by atoms with Gasteiger partial charge in [-0.3, -0.25) is 4.79 Å². The van der Waals surface area contributed by atoms with Gasteiger partial charge in [0, 0.05) is 43.8 Å². The third-order valence-corrected chi connectivity index (χ3v) is 3.58. The molecule has 22 heavy (non-hydrogen) atoms. The van der Waals surface area contributed by atoms with Gasteiger partial charge in [0.15, 0.2) is 0 Å². The highest BCUT2D eigenvalue weighted by molar-refractivity contribution is 5.95. The van der Waals surface area contributed by atoms with Gasteiger partial charge in [0.2, 0.25) is 5.91 Å². The Hall–Kier alpha value is -2.30. The number of carbonyl (C=O) groups is 1. The molecule has 1 aromatic heterocycles. The van der Waals surface area contributed by atoms with Gasteiger partial charge in [0.25, 0.3) is 0 Å². The summed E-state index contributed by atoms with van der Waals surface area (Å²) in [7, 11) is 3.72. The molecule has 0 atom stereocenters. The number of nitrogens with zero attached hydrogens (tertiary/aromatic N) is 2. The van der Waals surface area contributed by atoms with E-state index in [-0.39, 0.29) is 5.91 Å². The highest BCUT2D eigenvalue weighted by Gasteiger charge is 2.11. The second kappa shape index (κ2) is 7.11. The number of hydrogen-bond donors (Lipinski definition) is 1. The molecule has 2 rings (SSSR count). The molecular formula is C17H23N3O2. The first-order valence-electron chi connectivity index (χ1n) is 7.43. The second-order valence-corrected chi connectivity index (χ2v) is 5.40. The average Bonchev–Trinajstić information content (AvgIpc) is 2.49. The third-order valence-electron chi connectivity index (χ3n) is 3.58. The van der Waals surface area contributed by atoms with E-state index in [0.717, 1.165) is 41.0 Å². The SMILES string of the molecule is COc1cccc2c(N(C)CCCNC(C)=O)cc(C)nc12. The minimum atomic E-state index is 0.0117. The summed E-state index contributed by atoms with van der Waals surface area (Å²) in [4.78, 5) is 17.7. The monoisotopic (exact) mass is 301 g/mol. The van der Waals surface area contributed by atoms with E-state index in [0.29, 0.717) is 6.54 Å². The van der Waals surface area contributed by atoms with Crippen molar-refractivity contribution in [2.75, 3.05) is 32.1 Å². The molecule has 0 saturated carbocycles. The van der Waals surface area contributed by atoms with Crippen molar-refractivity contribution in [1.82, 2.24) is 10.3 Å². The lowest BCUT2D eigenvalue weighted by atomic mass is 10.1. The highest BCUT2D eigenvalue weighted by atomic mass is 16.5. The number of pyridine rings is 1. The van der Waals surface area contributed by atoms with Crippen molar-refractivity contribution in [2.24, 2.45) is 0 Å². The zero-order chi connectivity index (χ0) is 16.1. The zero-order valence-corrected chi connectivity index (χ0v) is 13.6. The van der Waals surface area contributed by atoms with Crippen LogP contribution >= 0.6 is 0 Å². The maximum Gasteiger partial charge on any atom is 0.216 e. The van der Waals surface area contributed by atoms with Crippen LogP contribution in [0.1, 0.15) is 19.0 Å². The molecule has 1 heterocycles. The van der Waals surface area contributed by atoms with E-state index < -0.39 is 0 Å². The Morgan fingerprint density at radius 2 is 2.18 bits per heavy atom. The molecule has 1 aromatic carbocycles. The lowest BCUT2D eigenvalue weighted by molar-refractivity contribution is -0.118. The fraction of sp³-hybridized carbons (Fsp3) is 0.412. The summed E-state index contributed by atoms with van der Waals surface area (Å²) in [5, 5.41) is 3.90. The molecule has 0 aliphatic heterocycles. The molecule has 0 spiro atoms. The molecule has 5 heteroatoms. The van der Waals surface area contributed by atoms with Crippen LogP contribution in [0.15, 0.2) is 24.3 Å². The Balaban J connectivity index is 2.24. The first-order chi connectivity index (χ1) is 10.5. The lowest BCUT2D eigenvalue weighted by Crippen LogP contribution is -2.26. The van der Waals surface area contributed by atoms with Gasteiger partial charge >= 0.3 is 0 Å². The van der Waals surface area contributed by atoms with Gasteiger partial charge in [-0.15, -0.1) is 0 Å². The van der Waals surface area contributed by atoms with Crippen LogP contribution in [0.4, 0.5) is 5.69 Å². The number of amides is 1. The molecular weight excluding hydrogens is 278 g/mol. The number of methoxy groups -OCH3 is 1. The number of anilines is 1. The number of aryl methyl sites for hydroxylation is 1. The maximum atomic E-state index is 10.9. The van der Waals surface area contributed by atoms with Crippen LogP contribution < -0.4 is 15.0 Å². The van der Waals surface area contributed by atoms with E-state index in [4.69, 9.17) is 4.74 Å². The fourth-order valence-corrected chi connectivity index (χ4v) is 2.51.